The fourth-order valence-corrected chi connectivity index (χ4v) is 2.10. The van der Waals surface area contributed by atoms with Crippen LogP contribution in [-0.2, 0) is 11.2 Å². The first-order valence-electron chi connectivity index (χ1n) is 6.41. The minimum atomic E-state index is -0.876. The van der Waals surface area contributed by atoms with Crippen molar-refractivity contribution in [3.8, 4) is 11.6 Å². The molecule has 1 N–H and O–H groups in total. The highest BCUT2D eigenvalue weighted by atomic mass is 16.5. The Morgan fingerprint density at radius 1 is 1.38 bits per heavy atom. The van der Waals surface area contributed by atoms with Crippen molar-refractivity contribution < 1.29 is 14.6 Å². The highest BCUT2D eigenvalue weighted by Crippen LogP contribution is 2.25. The number of fused-ring (bicyclic) bond motifs is 1. The SMILES string of the molecule is Cc1cc2c(Oc3cccc(CC(=O)O)c3)nccn2n1. The Labute approximate surface area is 120 Å². The van der Waals surface area contributed by atoms with Crippen LogP contribution in [0.25, 0.3) is 5.52 Å². The molecule has 0 saturated carbocycles. The van der Waals surface area contributed by atoms with Gasteiger partial charge in [0, 0.05) is 12.4 Å². The molecule has 3 aromatic rings. The van der Waals surface area contributed by atoms with Crippen molar-refractivity contribution in [2.45, 2.75) is 13.3 Å². The van der Waals surface area contributed by atoms with Crippen LogP contribution in [0.4, 0.5) is 0 Å². The minimum absolute atomic E-state index is 0.0411. The monoisotopic (exact) mass is 283 g/mol. The summed E-state index contributed by atoms with van der Waals surface area (Å²) in [6.45, 7) is 1.89. The number of benzene rings is 1. The van der Waals surface area contributed by atoms with Crippen molar-refractivity contribution in [2.24, 2.45) is 0 Å². The van der Waals surface area contributed by atoms with Gasteiger partial charge in [-0.2, -0.15) is 5.10 Å². The van der Waals surface area contributed by atoms with Gasteiger partial charge < -0.3 is 9.84 Å². The summed E-state index contributed by atoms with van der Waals surface area (Å²) in [6.07, 6.45) is 3.31. The first kappa shape index (κ1) is 13.1. The average molecular weight is 283 g/mol. The molecule has 1 aromatic carbocycles. The molecule has 0 unspecified atom stereocenters. The third-order valence-electron chi connectivity index (χ3n) is 2.94. The van der Waals surface area contributed by atoms with E-state index in [2.05, 4.69) is 10.1 Å². The number of aliphatic carboxylic acids is 1. The molecule has 6 heteroatoms. The number of nitrogens with zero attached hydrogens (tertiary/aromatic N) is 3. The van der Waals surface area contributed by atoms with E-state index >= 15 is 0 Å². The fourth-order valence-electron chi connectivity index (χ4n) is 2.10. The quantitative estimate of drug-likeness (QED) is 0.796. The molecule has 3 rings (SSSR count). The van der Waals surface area contributed by atoms with E-state index < -0.39 is 5.97 Å². The third-order valence-corrected chi connectivity index (χ3v) is 2.94. The van der Waals surface area contributed by atoms with Crippen LogP contribution in [0.2, 0.25) is 0 Å². The topological polar surface area (TPSA) is 76.7 Å². The molecule has 0 spiro atoms. The Bertz CT molecular complexity index is 811. The predicted molar refractivity (Wildman–Crippen MR) is 75.6 cm³/mol. The lowest BCUT2D eigenvalue weighted by Gasteiger charge is -2.07. The summed E-state index contributed by atoms with van der Waals surface area (Å²) in [5.74, 6) is 0.109. The largest absolute Gasteiger partial charge is 0.481 e. The minimum Gasteiger partial charge on any atom is -0.481 e. The smallest absolute Gasteiger partial charge is 0.307 e. The molecule has 106 valence electrons. The second kappa shape index (κ2) is 5.24. The molecule has 0 amide bonds. The molecule has 0 saturated heterocycles. The van der Waals surface area contributed by atoms with Crippen molar-refractivity contribution in [1.82, 2.24) is 14.6 Å². The first-order chi connectivity index (χ1) is 10.1. The normalized spacial score (nSPS) is 10.7. The van der Waals surface area contributed by atoms with Gasteiger partial charge in [-0.3, -0.25) is 4.79 Å². The van der Waals surface area contributed by atoms with Crippen molar-refractivity contribution in [3.05, 3.63) is 54.0 Å². The first-order valence-corrected chi connectivity index (χ1v) is 6.41. The van der Waals surface area contributed by atoms with Crippen molar-refractivity contribution >= 4 is 11.5 Å². The lowest BCUT2D eigenvalue weighted by Crippen LogP contribution is -2.00. The zero-order valence-electron chi connectivity index (χ0n) is 11.4. The van der Waals surface area contributed by atoms with Gasteiger partial charge in [-0.25, -0.2) is 9.50 Å². The number of carboxylic acid groups (broad SMARTS) is 1. The molecule has 0 aliphatic rings. The summed E-state index contributed by atoms with van der Waals surface area (Å²) in [6, 6.07) is 8.85. The summed E-state index contributed by atoms with van der Waals surface area (Å²) < 4.78 is 7.46. The lowest BCUT2D eigenvalue weighted by molar-refractivity contribution is -0.136. The number of rotatable bonds is 4. The van der Waals surface area contributed by atoms with Crippen LogP contribution < -0.4 is 4.74 Å². The van der Waals surface area contributed by atoms with Crippen LogP contribution in [-0.4, -0.2) is 25.7 Å². The summed E-state index contributed by atoms with van der Waals surface area (Å²) in [5.41, 5.74) is 2.31. The van der Waals surface area contributed by atoms with Crippen molar-refractivity contribution in [3.63, 3.8) is 0 Å². The van der Waals surface area contributed by atoms with Gasteiger partial charge in [-0.15, -0.1) is 0 Å². The maximum absolute atomic E-state index is 10.8. The molecule has 0 aliphatic carbocycles. The van der Waals surface area contributed by atoms with Gasteiger partial charge in [0.15, 0.2) is 0 Å². The molecule has 21 heavy (non-hydrogen) atoms. The van der Waals surface area contributed by atoms with Gasteiger partial charge in [0.05, 0.1) is 12.1 Å². The molecule has 0 atom stereocenters. The molecule has 0 radical (unpaired) electrons. The van der Waals surface area contributed by atoms with Gasteiger partial charge in [-0.05, 0) is 30.7 Å². The van der Waals surface area contributed by atoms with E-state index in [1.807, 2.05) is 13.0 Å². The number of ether oxygens (including phenoxy) is 1. The van der Waals surface area contributed by atoms with Crippen LogP contribution in [0.3, 0.4) is 0 Å². The zero-order valence-corrected chi connectivity index (χ0v) is 11.4. The second-order valence-corrected chi connectivity index (χ2v) is 4.67. The van der Waals surface area contributed by atoms with E-state index in [0.29, 0.717) is 17.2 Å². The van der Waals surface area contributed by atoms with Crippen molar-refractivity contribution in [1.29, 1.82) is 0 Å². The second-order valence-electron chi connectivity index (χ2n) is 4.67. The van der Waals surface area contributed by atoms with Gasteiger partial charge in [0.2, 0.25) is 5.88 Å². The van der Waals surface area contributed by atoms with Crippen LogP contribution in [0.1, 0.15) is 11.3 Å². The fraction of sp³-hybridized carbons (Fsp3) is 0.133. The molecular formula is C15H13N3O3. The Hall–Kier alpha value is -2.89. The highest BCUT2D eigenvalue weighted by molar-refractivity contribution is 5.70. The van der Waals surface area contributed by atoms with Gasteiger partial charge in [-0.1, -0.05) is 12.1 Å². The van der Waals surface area contributed by atoms with E-state index in [4.69, 9.17) is 9.84 Å². The Kier molecular flexibility index (Phi) is 3.27. The number of carbonyl (C=O) groups is 1. The maximum atomic E-state index is 10.8. The summed E-state index contributed by atoms with van der Waals surface area (Å²) in [5, 5.41) is 13.1. The number of hydrogen-bond donors (Lipinski definition) is 1. The molecule has 0 bridgehead atoms. The van der Waals surface area contributed by atoms with Gasteiger partial charge in [0.25, 0.3) is 0 Å². The maximum Gasteiger partial charge on any atom is 0.307 e. The van der Waals surface area contributed by atoms with Crippen LogP contribution in [0.15, 0.2) is 42.7 Å². The molecule has 2 aromatic heterocycles. The predicted octanol–water partition coefficient (Wildman–Crippen LogP) is 2.46. The standard InChI is InChI=1S/C15H13N3O3/c1-10-7-13-15(16-5-6-18(13)17-10)21-12-4-2-3-11(8-12)9-14(19)20/h2-8H,9H2,1H3,(H,19,20). The molecule has 0 fully saturated rings. The molecule has 0 aliphatic heterocycles. The number of aromatic nitrogens is 3. The summed E-state index contributed by atoms with van der Waals surface area (Å²) in [7, 11) is 0. The van der Waals surface area contributed by atoms with E-state index in [1.165, 1.54) is 0 Å². The lowest BCUT2D eigenvalue weighted by atomic mass is 10.1. The Balaban J connectivity index is 1.93. The number of carboxylic acids is 1. The Morgan fingerprint density at radius 2 is 2.24 bits per heavy atom. The molecule has 2 heterocycles. The molecule has 6 nitrogen and oxygen atoms in total. The van der Waals surface area contributed by atoms with E-state index in [9.17, 15) is 4.79 Å². The highest BCUT2D eigenvalue weighted by Gasteiger charge is 2.08. The van der Waals surface area contributed by atoms with Crippen LogP contribution in [0, 0.1) is 6.92 Å². The Morgan fingerprint density at radius 3 is 3.05 bits per heavy atom. The summed E-state index contributed by atoms with van der Waals surface area (Å²) >= 11 is 0. The van der Waals surface area contributed by atoms with Gasteiger partial charge in [0.1, 0.15) is 11.3 Å². The average Bonchev–Trinajstić information content (AvgIpc) is 2.80. The summed E-state index contributed by atoms with van der Waals surface area (Å²) in [4.78, 5) is 15.0. The zero-order chi connectivity index (χ0) is 14.8. The third kappa shape index (κ3) is 2.84. The number of aryl methyl sites for hydroxylation is 1. The molecular weight excluding hydrogens is 270 g/mol. The number of hydrogen-bond acceptors (Lipinski definition) is 4. The van der Waals surface area contributed by atoms with E-state index in [-0.39, 0.29) is 6.42 Å². The van der Waals surface area contributed by atoms with Gasteiger partial charge >= 0.3 is 5.97 Å². The van der Waals surface area contributed by atoms with Crippen molar-refractivity contribution in [2.75, 3.05) is 0 Å². The van der Waals surface area contributed by atoms with Crippen LogP contribution in [0.5, 0.6) is 11.6 Å². The van der Waals surface area contributed by atoms with E-state index in [1.54, 1.807) is 41.2 Å². The van der Waals surface area contributed by atoms with Crippen LogP contribution >= 0.6 is 0 Å². The van der Waals surface area contributed by atoms with E-state index in [0.717, 1.165) is 11.2 Å².